The van der Waals surface area contributed by atoms with Crippen molar-refractivity contribution in [1.82, 2.24) is 5.32 Å². The molecule has 2 amide bonds. The monoisotopic (exact) mass is 286 g/mol. The molecule has 4 nitrogen and oxygen atoms in total. The molecule has 0 unspecified atom stereocenters. The van der Waals surface area contributed by atoms with E-state index in [1.54, 1.807) is 6.08 Å². The van der Waals surface area contributed by atoms with E-state index in [1.807, 2.05) is 30.3 Å². The van der Waals surface area contributed by atoms with E-state index in [4.69, 9.17) is 0 Å². The van der Waals surface area contributed by atoms with Gasteiger partial charge in [-0.25, -0.2) is 0 Å². The van der Waals surface area contributed by atoms with Crippen LogP contribution >= 0.6 is 0 Å². The van der Waals surface area contributed by atoms with Crippen molar-refractivity contribution in [3.63, 3.8) is 0 Å². The number of anilines is 1. The molecule has 0 heterocycles. The lowest BCUT2D eigenvalue weighted by atomic mass is 9.81. The van der Waals surface area contributed by atoms with Gasteiger partial charge in [0, 0.05) is 24.1 Å². The van der Waals surface area contributed by atoms with Crippen LogP contribution in [0.15, 0.2) is 43.0 Å². The van der Waals surface area contributed by atoms with Gasteiger partial charge >= 0.3 is 0 Å². The molecule has 0 radical (unpaired) electrons. The van der Waals surface area contributed by atoms with Gasteiger partial charge in [-0.3, -0.25) is 9.59 Å². The Morgan fingerprint density at radius 3 is 2.19 bits per heavy atom. The topological polar surface area (TPSA) is 58.2 Å². The Bertz CT molecular complexity index is 491. The molecule has 0 bridgehead atoms. The third-order valence-electron chi connectivity index (χ3n) is 3.93. The first-order chi connectivity index (χ1) is 10.2. The van der Waals surface area contributed by atoms with E-state index in [0.717, 1.165) is 31.4 Å². The molecule has 1 aromatic rings. The van der Waals surface area contributed by atoms with Gasteiger partial charge in [0.1, 0.15) is 0 Å². The van der Waals surface area contributed by atoms with Gasteiger partial charge in [0.15, 0.2) is 0 Å². The van der Waals surface area contributed by atoms with Crippen LogP contribution in [0.1, 0.15) is 25.7 Å². The minimum atomic E-state index is 0.00802. The SMILES string of the molecule is C=CCNC(=O)C1CCC(C(=O)Nc2ccccc2)CC1. The summed E-state index contributed by atoms with van der Waals surface area (Å²) in [5.41, 5.74) is 0.827. The van der Waals surface area contributed by atoms with E-state index < -0.39 is 0 Å². The maximum Gasteiger partial charge on any atom is 0.227 e. The Labute approximate surface area is 125 Å². The first kappa shape index (κ1) is 15.3. The maximum absolute atomic E-state index is 12.2. The average Bonchev–Trinajstić information content (AvgIpc) is 2.53. The zero-order valence-electron chi connectivity index (χ0n) is 12.2. The summed E-state index contributed by atoms with van der Waals surface area (Å²) in [5.74, 6) is 0.183. The van der Waals surface area contributed by atoms with Crippen LogP contribution in [0.3, 0.4) is 0 Å². The summed E-state index contributed by atoms with van der Waals surface area (Å²) in [6, 6.07) is 9.48. The van der Waals surface area contributed by atoms with E-state index in [0.29, 0.717) is 6.54 Å². The predicted octanol–water partition coefficient (Wildman–Crippen LogP) is 2.73. The van der Waals surface area contributed by atoms with Crippen LogP contribution in [-0.4, -0.2) is 18.4 Å². The Morgan fingerprint density at radius 2 is 1.62 bits per heavy atom. The molecule has 2 rings (SSSR count). The third-order valence-corrected chi connectivity index (χ3v) is 3.93. The maximum atomic E-state index is 12.2. The number of rotatable bonds is 5. The van der Waals surface area contributed by atoms with Crippen molar-refractivity contribution in [3.8, 4) is 0 Å². The molecule has 1 aliphatic carbocycles. The van der Waals surface area contributed by atoms with E-state index >= 15 is 0 Å². The molecule has 0 atom stereocenters. The first-order valence-electron chi connectivity index (χ1n) is 7.45. The molecule has 1 aliphatic rings. The Hall–Kier alpha value is -2.10. The first-order valence-corrected chi connectivity index (χ1v) is 7.45. The van der Waals surface area contributed by atoms with Gasteiger partial charge < -0.3 is 10.6 Å². The van der Waals surface area contributed by atoms with Gasteiger partial charge in [-0.15, -0.1) is 6.58 Å². The lowest BCUT2D eigenvalue weighted by Crippen LogP contribution is -2.35. The smallest absolute Gasteiger partial charge is 0.227 e. The molecule has 112 valence electrons. The summed E-state index contributed by atoms with van der Waals surface area (Å²) < 4.78 is 0. The van der Waals surface area contributed by atoms with Gasteiger partial charge in [0.25, 0.3) is 0 Å². The Kier molecular flexibility index (Phi) is 5.55. The summed E-state index contributed by atoms with van der Waals surface area (Å²) in [7, 11) is 0. The second kappa shape index (κ2) is 7.62. The van der Waals surface area contributed by atoms with E-state index in [-0.39, 0.29) is 23.7 Å². The lowest BCUT2D eigenvalue weighted by molar-refractivity contribution is -0.128. The molecule has 1 fully saturated rings. The molecular formula is C17H22N2O2. The van der Waals surface area contributed by atoms with Crippen molar-refractivity contribution >= 4 is 17.5 Å². The van der Waals surface area contributed by atoms with E-state index in [9.17, 15) is 9.59 Å². The number of benzene rings is 1. The highest BCUT2D eigenvalue weighted by molar-refractivity contribution is 5.92. The standard InChI is InChI=1S/C17H22N2O2/c1-2-12-18-16(20)13-8-10-14(11-9-13)17(21)19-15-6-4-3-5-7-15/h2-7,13-14H,1,8-12H2,(H,18,20)(H,19,21). The number of carbonyl (C=O) groups is 2. The van der Waals surface area contributed by atoms with Crippen molar-refractivity contribution in [2.45, 2.75) is 25.7 Å². The summed E-state index contributed by atoms with van der Waals surface area (Å²) in [6.07, 6.45) is 4.76. The minimum Gasteiger partial charge on any atom is -0.352 e. The number of hydrogen-bond acceptors (Lipinski definition) is 2. The third kappa shape index (κ3) is 4.45. The zero-order chi connectivity index (χ0) is 15.1. The van der Waals surface area contributed by atoms with Crippen LogP contribution in [0.4, 0.5) is 5.69 Å². The van der Waals surface area contributed by atoms with Gasteiger partial charge in [-0.1, -0.05) is 24.3 Å². The van der Waals surface area contributed by atoms with Crippen molar-refractivity contribution < 1.29 is 9.59 Å². The quantitative estimate of drug-likeness (QED) is 0.818. The normalized spacial score (nSPS) is 21.3. The summed E-state index contributed by atoms with van der Waals surface area (Å²) in [5, 5.41) is 5.77. The van der Waals surface area contributed by atoms with Gasteiger partial charge in [0.2, 0.25) is 11.8 Å². The fourth-order valence-corrected chi connectivity index (χ4v) is 2.70. The fourth-order valence-electron chi connectivity index (χ4n) is 2.70. The van der Waals surface area contributed by atoms with Crippen LogP contribution in [0.25, 0.3) is 0 Å². The van der Waals surface area contributed by atoms with Gasteiger partial charge in [-0.05, 0) is 37.8 Å². The van der Waals surface area contributed by atoms with Gasteiger partial charge in [0.05, 0.1) is 0 Å². The molecule has 21 heavy (non-hydrogen) atoms. The Morgan fingerprint density at radius 1 is 1.05 bits per heavy atom. The number of carbonyl (C=O) groups excluding carboxylic acids is 2. The fraction of sp³-hybridized carbons (Fsp3) is 0.412. The molecule has 0 aliphatic heterocycles. The molecule has 4 heteroatoms. The largest absolute Gasteiger partial charge is 0.352 e. The Balaban J connectivity index is 1.79. The van der Waals surface area contributed by atoms with Crippen LogP contribution in [0.5, 0.6) is 0 Å². The van der Waals surface area contributed by atoms with E-state index in [1.165, 1.54) is 0 Å². The number of amides is 2. The summed E-state index contributed by atoms with van der Waals surface area (Å²) >= 11 is 0. The van der Waals surface area contributed by atoms with Crippen molar-refractivity contribution in [1.29, 1.82) is 0 Å². The average molecular weight is 286 g/mol. The van der Waals surface area contributed by atoms with Crippen molar-refractivity contribution in [2.75, 3.05) is 11.9 Å². The van der Waals surface area contributed by atoms with Crippen LogP contribution in [0, 0.1) is 11.8 Å². The summed E-state index contributed by atoms with van der Waals surface area (Å²) in [4.78, 5) is 24.1. The molecule has 1 aromatic carbocycles. The number of hydrogen-bond donors (Lipinski definition) is 2. The highest BCUT2D eigenvalue weighted by atomic mass is 16.2. The van der Waals surface area contributed by atoms with Crippen LogP contribution < -0.4 is 10.6 Å². The highest BCUT2D eigenvalue weighted by Gasteiger charge is 2.29. The number of nitrogens with one attached hydrogen (secondary N) is 2. The van der Waals surface area contributed by atoms with Crippen LogP contribution in [0.2, 0.25) is 0 Å². The van der Waals surface area contributed by atoms with E-state index in [2.05, 4.69) is 17.2 Å². The number of para-hydroxylation sites is 1. The lowest BCUT2D eigenvalue weighted by Gasteiger charge is -2.26. The minimum absolute atomic E-state index is 0.00802. The molecule has 0 aromatic heterocycles. The van der Waals surface area contributed by atoms with Crippen molar-refractivity contribution in [3.05, 3.63) is 43.0 Å². The van der Waals surface area contributed by atoms with Gasteiger partial charge in [-0.2, -0.15) is 0 Å². The summed E-state index contributed by atoms with van der Waals surface area (Å²) in [6.45, 7) is 4.09. The molecule has 0 spiro atoms. The predicted molar refractivity (Wildman–Crippen MR) is 83.7 cm³/mol. The second-order valence-electron chi connectivity index (χ2n) is 5.44. The zero-order valence-corrected chi connectivity index (χ0v) is 12.2. The van der Waals surface area contributed by atoms with Crippen molar-refractivity contribution in [2.24, 2.45) is 11.8 Å². The van der Waals surface area contributed by atoms with Crippen LogP contribution in [-0.2, 0) is 9.59 Å². The molecule has 2 N–H and O–H groups in total. The molecule has 0 saturated heterocycles. The highest BCUT2D eigenvalue weighted by Crippen LogP contribution is 2.29. The molecule has 1 saturated carbocycles. The second-order valence-corrected chi connectivity index (χ2v) is 5.44. The molecular weight excluding hydrogens is 264 g/mol.